The molecule has 0 spiro atoms. The van der Waals surface area contributed by atoms with Crippen molar-refractivity contribution in [3.8, 4) is 0 Å². The van der Waals surface area contributed by atoms with E-state index in [2.05, 4.69) is 0 Å². The van der Waals surface area contributed by atoms with Crippen LogP contribution in [0.1, 0.15) is 25.0 Å². The minimum absolute atomic E-state index is 0.0740. The molecule has 1 N–H and O–H groups in total. The van der Waals surface area contributed by atoms with E-state index in [0.29, 0.717) is 10.6 Å². The molecule has 1 amide bonds. The molecule has 146 valence electrons. The van der Waals surface area contributed by atoms with E-state index in [-0.39, 0.29) is 12.4 Å². The van der Waals surface area contributed by atoms with Gasteiger partial charge in [-0.05, 0) is 11.5 Å². The van der Waals surface area contributed by atoms with Gasteiger partial charge in [0.05, 0.1) is 0 Å². The lowest BCUT2D eigenvalue weighted by atomic mass is 10.0. The molecule has 0 aliphatic carbocycles. The lowest BCUT2D eigenvalue weighted by Gasteiger charge is -2.29. The summed E-state index contributed by atoms with van der Waals surface area (Å²) in [4.78, 5) is 41.1. The van der Waals surface area contributed by atoms with E-state index in [0.717, 1.165) is 5.56 Å². The highest BCUT2D eigenvalue weighted by Crippen LogP contribution is 2.21. The summed E-state index contributed by atoms with van der Waals surface area (Å²) in [5.74, 6) is -0.499. The van der Waals surface area contributed by atoms with Crippen molar-refractivity contribution >= 4 is 23.8 Å². The fraction of sp³-hybridized carbons (Fsp3) is 0.238. The molecule has 0 saturated carbocycles. The number of rotatable bonds is 8. The standard InChI is InChI=1S/C21H21NO6/c1-15(2)19(20(24)25)22(21(26)27-14-16-9-5-3-6-10-16)28-18(13-23)17-11-7-4-8-12-17/h3-12,15,19H,14H2,1-2H3,(H,24,25)/t19-/m0/s1. The molecular weight excluding hydrogens is 362 g/mol. The SMILES string of the molecule is CC(C)[C@@H](C(=O)O)N(OC(=C=O)c1ccccc1)C(=O)OCc1ccccc1. The maximum atomic E-state index is 12.6. The summed E-state index contributed by atoms with van der Waals surface area (Å²) < 4.78 is 5.21. The predicted molar refractivity (Wildman–Crippen MR) is 101 cm³/mol. The van der Waals surface area contributed by atoms with Crippen molar-refractivity contribution in [1.82, 2.24) is 5.06 Å². The van der Waals surface area contributed by atoms with E-state index in [9.17, 15) is 19.5 Å². The Bertz CT molecular complexity index is 844. The molecule has 7 heteroatoms. The van der Waals surface area contributed by atoms with E-state index in [1.54, 1.807) is 74.4 Å². The maximum Gasteiger partial charge on any atom is 0.444 e. The number of hydrogen-bond donors (Lipinski definition) is 1. The van der Waals surface area contributed by atoms with Crippen molar-refractivity contribution in [2.45, 2.75) is 26.5 Å². The average molecular weight is 383 g/mol. The molecule has 2 aromatic rings. The third-order valence-corrected chi connectivity index (χ3v) is 3.84. The van der Waals surface area contributed by atoms with Crippen LogP contribution in [0.5, 0.6) is 0 Å². The van der Waals surface area contributed by atoms with Gasteiger partial charge in [0, 0.05) is 5.56 Å². The third kappa shape index (κ3) is 5.46. The molecule has 0 radical (unpaired) electrons. The molecule has 7 nitrogen and oxygen atoms in total. The van der Waals surface area contributed by atoms with E-state index in [1.807, 2.05) is 6.07 Å². The molecule has 1 atom stereocenters. The van der Waals surface area contributed by atoms with Gasteiger partial charge in [-0.25, -0.2) is 14.4 Å². The number of ether oxygens (including phenoxy) is 1. The fourth-order valence-electron chi connectivity index (χ4n) is 2.46. The smallest absolute Gasteiger partial charge is 0.444 e. The number of carboxylic acids is 1. The molecular formula is C21H21NO6. The van der Waals surface area contributed by atoms with Gasteiger partial charge in [0.25, 0.3) is 0 Å². The van der Waals surface area contributed by atoms with Crippen molar-refractivity contribution in [1.29, 1.82) is 0 Å². The maximum absolute atomic E-state index is 12.6. The number of amides is 1. The topological polar surface area (TPSA) is 93.1 Å². The van der Waals surface area contributed by atoms with Gasteiger partial charge in [0.15, 0.2) is 12.0 Å². The highest BCUT2D eigenvalue weighted by molar-refractivity contribution is 5.85. The van der Waals surface area contributed by atoms with Crippen LogP contribution >= 0.6 is 0 Å². The Hall–Kier alpha value is -3.57. The quantitative estimate of drug-likeness (QED) is 0.426. The second kappa shape index (κ2) is 9.94. The van der Waals surface area contributed by atoms with Crippen molar-refractivity contribution in [2.75, 3.05) is 0 Å². The summed E-state index contributed by atoms with van der Waals surface area (Å²) >= 11 is 0. The number of carboxylic acid groups (broad SMARTS) is 1. The lowest BCUT2D eigenvalue weighted by Crippen LogP contribution is -2.48. The second-order valence-corrected chi connectivity index (χ2v) is 6.28. The molecule has 2 rings (SSSR count). The number of benzene rings is 2. The molecule has 0 saturated heterocycles. The highest BCUT2D eigenvalue weighted by Gasteiger charge is 2.37. The zero-order valence-electron chi connectivity index (χ0n) is 15.6. The molecule has 2 aromatic carbocycles. The van der Waals surface area contributed by atoms with Gasteiger partial charge in [-0.2, -0.15) is 0 Å². The van der Waals surface area contributed by atoms with Gasteiger partial charge in [-0.1, -0.05) is 74.5 Å². The molecule has 0 fully saturated rings. The Morgan fingerprint density at radius 1 is 1.04 bits per heavy atom. The van der Waals surface area contributed by atoms with Crippen LogP contribution in [0.4, 0.5) is 4.79 Å². The van der Waals surface area contributed by atoms with Crippen LogP contribution in [-0.4, -0.2) is 34.2 Å². The van der Waals surface area contributed by atoms with Crippen LogP contribution < -0.4 is 0 Å². The first-order chi connectivity index (χ1) is 13.4. The number of hydroxylamine groups is 2. The van der Waals surface area contributed by atoms with E-state index in [4.69, 9.17) is 9.57 Å². The summed E-state index contributed by atoms with van der Waals surface area (Å²) in [5.41, 5.74) is 1.08. The number of nitrogens with zero attached hydrogens (tertiary/aromatic N) is 1. The molecule has 0 unspecified atom stereocenters. The van der Waals surface area contributed by atoms with Crippen LogP contribution in [0.3, 0.4) is 0 Å². The van der Waals surface area contributed by atoms with Gasteiger partial charge >= 0.3 is 12.1 Å². The summed E-state index contributed by atoms with van der Waals surface area (Å²) in [6, 6.07) is 15.8. The average Bonchev–Trinajstić information content (AvgIpc) is 2.70. The summed E-state index contributed by atoms with van der Waals surface area (Å²) in [7, 11) is 0. The van der Waals surface area contributed by atoms with Crippen LogP contribution in [0, 0.1) is 5.92 Å². The molecule has 0 aliphatic heterocycles. The Labute approximate surface area is 162 Å². The number of carbonyl (C=O) groups is 2. The summed E-state index contributed by atoms with van der Waals surface area (Å²) in [6.07, 6.45) is -1.02. The largest absolute Gasteiger partial charge is 0.480 e. The van der Waals surface area contributed by atoms with Crippen LogP contribution in [0.15, 0.2) is 60.7 Å². The molecule has 0 aliphatic rings. The number of carbonyl (C=O) groups excluding carboxylic acids is 2. The number of hydrogen-bond acceptors (Lipinski definition) is 5. The van der Waals surface area contributed by atoms with Gasteiger partial charge in [-0.15, -0.1) is 5.06 Å². The minimum atomic E-state index is -1.37. The monoisotopic (exact) mass is 383 g/mol. The Kier molecular flexibility index (Phi) is 7.37. The summed E-state index contributed by atoms with van der Waals surface area (Å²) in [6.45, 7) is 3.16. The van der Waals surface area contributed by atoms with Crippen molar-refractivity contribution < 1.29 is 29.1 Å². The first-order valence-corrected chi connectivity index (χ1v) is 8.65. The second-order valence-electron chi connectivity index (χ2n) is 6.28. The van der Waals surface area contributed by atoms with E-state index in [1.165, 1.54) is 0 Å². The molecule has 28 heavy (non-hydrogen) atoms. The lowest BCUT2D eigenvalue weighted by molar-refractivity contribution is -0.164. The van der Waals surface area contributed by atoms with Crippen LogP contribution in [-0.2, 0) is 25.8 Å². The predicted octanol–water partition coefficient (Wildman–Crippen LogP) is 3.54. The van der Waals surface area contributed by atoms with Crippen molar-refractivity contribution in [2.24, 2.45) is 5.92 Å². The van der Waals surface area contributed by atoms with Gasteiger partial charge < -0.3 is 14.7 Å². The van der Waals surface area contributed by atoms with Gasteiger partial charge in [0.1, 0.15) is 6.61 Å². The van der Waals surface area contributed by atoms with E-state index >= 15 is 0 Å². The Morgan fingerprint density at radius 3 is 2.11 bits per heavy atom. The molecule has 0 aromatic heterocycles. The van der Waals surface area contributed by atoms with Crippen molar-refractivity contribution in [3.05, 3.63) is 71.8 Å². The van der Waals surface area contributed by atoms with Crippen LogP contribution in [0.25, 0.3) is 5.76 Å². The minimum Gasteiger partial charge on any atom is -0.480 e. The van der Waals surface area contributed by atoms with Crippen molar-refractivity contribution in [3.63, 3.8) is 0 Å². The first-order valence-electron chi connectivity index (χ1n) is 8.65. The Balaban J connectivity index is 2.26. The number of aliphatic carboxylic acids is 1. The van der Waals surface area contributed by atoms with Gasteiger partial charge in [-0.3, -0.25) is 0 Å². The fourth-order valence-corrected chi connectivity index (χ4v) is 2.46. The Morgan fingerprint density at radius 2 is 1.61 bits per heavy atom. The zero-order chi connectivity index (χ0) is 20.5. The molecule has 0 heterocycles. The van der Waals surface area contributed by atoms with E-state index < -0.39 is 24.0 Å². The summed E-state index contributed by atoms with van der Waals surface area (Å²) in [5, 5.41) is 10.1. The first kappa shape index (κ1) is 20.7. The van der Waals surface area contributed by atoms with Gasteiger partial charge in [0.2, 0.25) is 5.76 Å². The normalized spacial score (nSPS) is 11.2. The van der Waals surface area contributed by atoms with Crippen LogP contribution in [0.2, 0.25) is 0 Å². The zero-order valence-corrected chi connectivity index (χ0v) is 15.6. The third-order valence-electron chi connectivity index (χ3n) is 3.84. The highest BCUT2D eigenvalue weighted by atomic mass is 16.7. The molecule has 0 bridgehead atoms.